The molecule has 2 rings (SSSR count). The quantitative estimate of drug-likeness (QED) is 0.788. The van der Waals surface area contributed by atoms with E-state index in [1.165, 1.54) is 19.2 Å². The Kier molecular flexibility index (Phi) is 3.72. The average Bonchev–Trinajstić information content (AvgIpc) is 2.28. The number of benzene rings is 1. The summed E-state index contributed by atoms with van der Waals surface area (Å²) in [5.74, 6) is -0.0757. The highest BCUT2D eigenvalue weighted by atomic mass is 16.5. The lowest BCUT2D eigenvalue weighted by Crippen LogP contribution is -2.46. The first kappa shape index (κ1) is 12.7. The summed E-state index contributed by atoms with van der Waals surface area (Å²) in [6, 6.07) is 3.36. The Labute approximate surface area is 106 Å². The number of methoxy groups -OCH3 is 1. The largest absolute Gasteiger partial charge is 0.504 e. The van der Waals surface area contributed by atoms with Gasteiger partial charge in [-0.25, -0.2) is 4.79 Å². The zero-order chi connectivity index (χ0) is 13.1. The van der Waals surface area contributed by atoms with Crippen molar-refractivity contribution in [1.82, 2.24) is 5.32 Å². The third kappa shape index (κ3) is 2.56. The Balaban J connectivity index is 2.15. The number of phenolic OH excluding ortho intramolecular Hbond substituents is 1. The summed E-state index contributed by atoms with van der Waals surface area (Å²) in [6.45, 7) is 3.22. The van der Waals surface area contributed by atoms with Crippen LogP contribution < -0.4 is 10.1 Å². The topological polar surface area (TPSA) is 67.8 Å². The summed E-state index contributed by atoms with van der Waals surface area (Å²) in [5, 5.41) is 13.0. The van der Waals surface area contributed by atoms with Gasteiger partial charge in [-0.1, -0.05) is 0 Å². The molecule has 1 fully saturated rings. The number of phenols is 1. The van der Waals surface area contributed by atoms with Crippen LogP contribution in [0.3, 0.4) is 0 Å². The van der Waals surface area contributed by atoms with E-state index < -0.39 is 5.97 Å². The smallest absolute Gasteiger partial charge is 0.338 e. The van der Waals surface area contributed by atoms with Crippen LogP contribution in [0, 0.1) is 6.92 Å². The van der Waals surface area contributed by atoms with Crippen LogP contribution >= 0.6 is 0 Å². The molecule has 0 spiro atoms. The van der Waals surface area contributed by atoms with Crippen molar-refractivity contribution in [2.75, 3.05) is 20.3 Å². The number of hydrogen-bond donors (Lipinski definition) is 2. The highest BCUT2D eigenvalue weighted by molar-refractivity contribution is 5.91. The normalized spacial score (nSPS) is 18.0. The van der Waals surface area contributed by atoms with Gasteiger partial charge in [0.25, 0.3) is 0 Å². The molecule has 0 amide bonds. The molecule has 1 atom stereocenters. The van der Waals surface area contributed by atoms with Gasteiger partial charge in [0.15, 0.2) is 11.5 Å². The van der Waals surface area contributed by atoms with Gasteiger partial charge >= 0.3 is 5.97 Å². The molecule has 0 saturated carbocycles. The maximum absolute atomic E-state index is 11.5. The van der Waals surface area contributed by atoms with E-state index in [0.717, 1.165) is 13.0 Å². The molecule has 5 heteroatoms. The molecule has 0 unspecified atom stereocenters. The molecule has 1 heterocycles. The van der Waals surface area contributed by atoms with E-state index in [1.807, 2.05) is 0 Å². The standard InChI is InChI=1S/C13H17NO4/c1-8-5-11(15)12(6-10(8)13(16)17-2)18-7-9-3-4-14-9/h5-6,9,14-15H,3-4,7H2,1-2H3/t9-/m0/s1. The summed E-state index contributed by atoms with van der Waals surface area (Å²) in [5.41, 5.74) is 1.07. The minimum atomic E-state index is -0.431. The molecule has 5 nitrogen and oxygen atoms in total. The molecule has 98 valence electrons. The summed E-state index contributed by atoms with van der Waals surface area (Å²) in [4.78, 5) is 11.5. The highest BCUT2D eigenvalue weighted by Crippen LogP contribution is 2.30. The number of hydrogen-bond acceptors (Lipinski definition) is 5. The fourth-order valence-corrected chi connectivity index (χ4v) is 1.80. The van der Waals surface area contributed by atoms with E-state index in [1.54, 1.807) is 6.92 Å². The summed E-state index contributed by atoms with van der Waals surface area (Å²) < 4.78 is 10.2. The third-order valence-electron chi connectivity index (χ3n) is 3.08. The molecule has 1 aromatic carbocycles. The first-order valence-corrected chi connectivity index (χ1v) is 5.90. The molecule has 0 aromatic heterocycles. The Morgan fingerprint density at radius 3 is 2.83 bits per heavy atom. The van der Waals surface area contributed by atoms with Crippen molar-refractivity contribution < 1.29 is 19.4 Å². The molecule has 1 saturated heterocycles. The van der Waals surface area contributed by atoms with Crippen molar-refractivity contribution >= 4 is 5.97 Å². The maximum atomic E-state index is 11.5. The minimum absolute atomic E-state index is 0.0412. The van der Waals surface area contributed by atoms with Gasteiger partial charge in [0.05, 0.1) is 12.7 Å². The van der Waals surface area contributed by atoms with Gasteiger partial charge in [0, 0.05) is 6.04 Å². The molecule has 18 heavy (non-hydrogen) atoms. The predicted octanol–water partition coefficient (Wildman–Crippen LogP) is 1.23. The van der Waals surface area contributed by atoms with E-state index in [4.69, 9.17) is 4.74 Å². The third-order valence-corrected chi connectivity index (χ3v) is 3.08. The van der Waals surface area contributed by atoms with E-state index in [0.29, 0.717) is 29.5 Å². The molecule has 2 N–H and O–H groups in total. The van der Waals surface area contributed by atoms with Gasteiger partial charge in [0.2, 0.25) is 0 Å². The Morgan fingerprint density at radius 1 is 1.56 bits per heavy atom. The van der Waals surface area contributed by atoms with Crippen LogP contribution in [-0.4, -0.2) is 37.4 Å². The van der Waals surface area contributed by atoms with Crippen molar-refractivity contribution in [3.63, 3.8) is 0 Å². The molecule has 0 aliphatic carbocycles. The maximum Gasteiger partial charge on any atom is 0.338 e. The van der Waals surface area contributed by atoms with Crippen molar-refractivity contribution in [1.29, 1.82) is 0 Å². The number of ether oxygens (including phenoxy) is 2. The van der Waals surface area contributed by atoms with Gasteiger partial charge in [-0.05, 0) is 37.6 Å². The summed E-state index contributed by atoms with van der Waals surface area (Å²) in [6.07, 6.45) is 1.07. The fraction of sp³-hybridized carbons (Fsp3) is 0.462. The Morgan fingerprint density at radius 2 is 2.28 bits per heavy atom. The van der Waals surface area contributed by atoms with Crippen molar-refractivity contribution in [2.24, 2.45) is 0 Å². The van der Waals surface area contributed by atoms with Crippen LogP contribution in [0.1, 0.15) is 22.3 Å². The Hall–Kier alpha value is -1.75. The van der Waals surface area contributed by atoms with E-state index >= 15 is 0 Å². The number of rotatable bonds is 4. The summed E-state index contributed by atoms with van der Waals surface area (Å²) in [7, 11) is 1.33. The monoisotopic (exact) mass is 251 g/mol. The Bertz CT molecular complexity index is 455. The SMILES string of the molecule is COC(=O)c1cc(OC[C@@H]2CCN2)c(O)cc1C. The van der Waals surface area contributed by atoms with E-state index in [-0.39, 0.29) is 5.75 Å². The number of carbonyl (C=O) groups is 1. The molecule has 0 bridgehead atoms. The van der Waals surface area contributed by atoms with Gasteiger partial charge < -0.3 is 19.9 Å². The lowest BCUT2D eigenvalue weighted by molar-refractivity contribution is 0.0599. The number of aromatic hydroxyl groups is 1. The lowest BCUT2D eigenvalue weighted by Gasteiger charge is -2.27. The average molecular weight is 251 g/mol. The van der Waals surface area contributed by atoms with Crippen LogP contribution in [0.5, 0.6) is 11.5 Å². The molecular formula is C13H17NO4. The predicted molar refractivity (Wildman–Crippen MR) is 66.1 cm³/mol. The second-order valence-corrected chi connectivity index (χ2v) is 4.38. The molecular weight excluding hydrogens is 234 g/mol. The second kappa shape index (κ2) is 5.27. The van der Waals surface area contributed by atoms with Gasteiger partial charge in [-0.3, -0.25) is 0 Å². The van der Waals surface area contributed by atoms with Crippen LogP contribution in [0.4, 0.5) is 0 Å². The van der Waals surface area contributed by atoms with E-state index in [2.05, 4.69) is 10.1 Å². The van der Waals surface area contributed by atoms with Crippen molar-refractivity contribution in [3.8, 4) is 11.5 Å². The number of aryl methyl sites for hydroxylation is 1. The zero-order valence-electron chi connectivity index (χ0n) is 10.5. The second-order valence-electron chi connectivity index (χ2n) is 4.38. The van der Waals surface area contributed by atoms with Crippen LogP contribution in [0.2, 0.25) is 0 Å². The first-order valence-electron chi connectivity index (χ1n) is 5.90. The molecule has 1 aromatic rings. The molecule has 0 radical (unpaired) electrons. The highest BCUT2D eigenvalue weighted by Gasteiger charge is 2.19. The van der Waals surface area contributed by atoms with Crippen molar-refractivity contribution in [2.45, 2.75) is 19.4 Å². The lowest BCUT2D eigenvalue weighted by atomic mass is 10.1. The first-order chi connectivity index (χ1) is 8.61. The number of esters is 1. The summed E-state index contributed by atoms with van der Waals surface area (Å²) >= 11 is 0. The van der Waals surface area contributed by atoms with Crippen LogP contribution in [-0.2, 0) is 4.74 Å². The minimum Gasteiger partial charge on any atom is -0.504 e. The zero-order valence-corrected chi connectivity index (χ0v) is 10.5. The van der Waals surface area contributed by atoms with Gasteiger partial charge in [-0.2, -0.15) is 0 Å². The fourth-order valence-electron chi connectivity index (χ4n) is 1.80. The number of carbonyl (C=O) groups excluding carboxylic acids is 1. The molecule has 1 aliphatic rings. The van der Waals surface area contributed by atoms with Gasteiger partial charge in [0.1, 0.15) is 6.61 Å². The van der Waals surface area contributed by atoms with Crippen LogP contribution in [0.15, 0.2) is 12.1 Å². The number of nitrogens with one attached hydrogen (secondary N) is 1. The van der Waals surface area contributed by atoms with Crippen molar-refractivity contribution in [3.05, 3.63) is 23.3 Å². The molecule has 1 aliphatic heterocycles. The van der Waals surface area contributed by atoms with Crippen LogP contribution in [0.25, 0.3) is 0 Å². The van der Waals surface area contributed by atoms with Gasteiger partial charge in [-0.15, -0.1) is 0 Å². The van der Waals surface area contributed by atoms with E-state index in [9.17, 15) is 9.90 Å².